The highest BCUT2D eigenvalue weighted by molar-refractivity contribution is 6.05. The minimum atomic E-state index is -0.536. The summed E-state index contributed by atoms with van der Waals surface area (Å²) in [7, 11) is 6.05. The number of quaternary nitrogens is 1. The number of phenolic OH excluding ortho intramolecular Hbond substituents is 1. The SMILES string of the molecule is C[N+](C)(C)c1cccc2c(N)c(N=Nc3ccccc3[N+](=O)[O-])c(O)cc12. The van der Waals surface area contributed by atoms with Gasteiger partial charge in [-0.05, 0) is 18.2 Å². The summed E-state index contributed by atoms with van der Waals surface area (Å²) in [6.45, 7) is 0. The number of azo groups is 1. The molecule has 0 aliphatic heterocycles. The van der Waals surface area contributed by atoms with E-state index >= 15 is 0 Å². The first-order valence-corrected chi connectivity index (χ1v) is 8.21. The number of rotatable bonds is 4. The molecule has 3 aromatic rings. The van der Waals surface area contributed by atoms with Crippen LogP contribution in [0.1, 0.15) is 0 Å². The third-order valence-electron chi connectivity index (χ3n) is 4.21. The highest BCUT2D eigenvalue weighted by atomic mass is 16.6. The second kappa shape index (κ2) is 6.65. The number of nitrogen functional groups attached to an aromatic ring is 1. The Morgan fingerprint density at radius 1 is 1.04 bits per heavy atom. The molecule has 8 heteroatoms. The molecule has 0 saturated carbocycles. The Morgan fingerprint density at radius 2 is 1.74 bits per heavy atom. The number of aromatic hydroxyl groups is 1. The zero-order valence-corrected chi connectivity index (χ0v) is 15.2. The van der Waals surface area contributed by atoms with Crippen molar-refractivity contribution < 1.29 is 10.0 Å². The molecular weight excluding hydrogens is 346 g/mol. The summed E-state index contributed by atoms with van der Waals surface area (Å²) >= 11 is 0. The Bertz CT molecular complexity index is 1070. The average Bonchev–Trinajstić information content (AvgIpc) is 2.60. The van der Waals surface area contributed by atoms with Gasteiger partial charge in [0.2, 0.25) is 0 Å². The van der Waals surface area contributed by atoms with Gasteiger partial charge in [0.25, 0.3) is 5.69 Å². The average molecular weight is 366 g/mol. The van der Waals surface area contributed by atoms with E-state index in [4.69, 9.17) is 5.73 Å². The second-order valence-electron chi connectivity index (χ2n) is 6.99. The van der Waals surface area contributed by atoms with Crippen molar-refractivity contribution in [2.24, 2.45) is 10.2 Å². The van der Waals surface area contributed by atoms with E-state index in [1.165, 1.54) is 12.1 Å². The van der Waals surface area contributed by atoms with Crippen molar-refractivity contribution in [2.45, 2.75) is 0 Å². The molecule has 27 heavy (non-hydrogen) atoms. The third-order valence-corrected chi connectivity index (χ3v) is 4.21. The van der Waals surface area contributed by atoms with Crippen LogP contribution in [0.4, 0.5) is 28.4 Å². The summed E-state index contributed by atoms with van der Waals surface area (Å²) in [4.78, 5) is 10.6. The van der Waals surface area contributed by atoms with Gasteiger partial charge < -0.3 is 10.8 Å². The predicted molar refractivity (Wildman–Crippen MR) is 107 cm³/mol. The number of anilines is 1. The molecule has 0 aliphatic carbocycles. The molecule has 8 nitrogen and oxygen atoms in total. The summed E-state index contributed by atoms with van der Waals surface area (Å²) < 4.78 is 0.549. The van der Waals surface area contributed by atoms with E-state index in [2.05, 4.69) is 10.2 Å². The van der Waals surface area contributed by atoms with Crippen molar-refractivity contribution in [3.05, 3.63) is 58.6 Å². The topological polar surface area (TPSA) is 114 Å². The zero-order chi connectivity index (χ0) is 19.8. The molecule has 0 radical (unpaired) electrons. The lowest BCUT2D eigenvalue weighted by Crippen LogP contribution is -2.34. The van der Waals surface area contributed by atoms with Gasteiger partial charge in [0, 0.05) is 16.8 Å². The van der Waals surface area contributed by atoms with Gasteiger partial charge in [-0.15, -0.1) is 10.2 Å². The maximum Gasteiger partial charge on any atom is 0.296 e. The normalized spacial score (nSPS) is 12.0. The van der Waals surface area contributed by atoms with Crippen LogP contribution >= 0.6 is 0 Å². The molecule has 0 saturated heterocycles. The van der Waals surface area contributed by atoms with E-state index in [0.717, 1.165) is 16.5 Å². The van der Waals surface area contributed by atoms with Crippen LogP contribution in [-0.2, 0) is 0 Å². The highest BCUT2D eigenvalue weighted by Crippen LogP contribution is 2.43. The molecule has 0 heterocycles. The molecule has 0 fully saturated rings. The van der Waals surface area contributed by atoms with Gasteiger partial charge in [-0.25, -0.2) is 0 Å². The smallest absolute Gasteiger partial charge is 0.296 e. The van der Waals surface area contributed by atoms with E-state index in [9.17, 15) is 15.2 Å². The largest absolute Gasteiger partial charge is 0.506 e. The quantitative estimate of drug-likeness (QED) is 0.230. The van der Waals surface area contributed by atoms with E-state index < -0.39 is 4.92 Å². The summed E-state index contributed by atoms with van der Waals surface area (Å²) in [5.74, 6) is -0.136. The van der Waals surface area contributed by atoms with Gasteiger partial charge in [0.1, 0.15) is 11.4 Å². The molecular formula is C19H20N5O3+. The lowest BCUT2D eigenvalue weighted by molar-refractivity contribution is -0.384. The predicted octanol–water partition coefficient (Wildman–Crippen LogP) is 4.65. The fraction of sp³-hybridized carbons (Fsp3) is 0.158. The van der Waals surface area contributed by atoms with Gasteiger partial charge in [0.05, 0.1) is 31.8 Å². The number of fused-ring (bicyclic) bond motifs is 1. The maximum atomic E-state index is 11.1. The number of hydrogen-bond acceptors (Lipinski definition) is 6. The summed E-state index contributed by atoms with van der Waals surface area (Å²) in [6, 6.07) is 13.3. The van der Waals surface area contributed by atoms with E-state index in [1.54, 1.807) is 18.2 Å². The monoisotopic (exact) mass is 366 g/mol. The van der Waals surface area contributed by atoms with Crippen LogP contribution in [0, 0.1) is 10.1 Å². The summed E-state index contributed by atoms with van der Waals surface area (Å²) in [6.07, 6.45) is 0. The van der Waals surface area contributed by atoms with Crippen molar-refractivity contribution in [3.8, 4) is 5.75 Å². The number of benzene rings is 3. The Morgan fingerprint density at radius 3 is 2.41 bits per heavy atom. The first-order valence-electron chi connectivity index (χ1n) is 8.21. The Balaban J connectivity index is 2.16. The molecule has 0 atom stereocenters. The molecule has 0 amide bonds. The fourth-order valence-electron chi connectivity index (χ4n) is 2.91. The molecule has 0 aromatic heterocycles. The molecule has 0 aliphatic rings. The summed E-state index contributed by atoms with van der Waals surface area (Å²) in [5.41, 5.74) is 7.48. The third kappa shape index (κ3) is 3.42. The summed E-state index contributed by atoms with van der Waals surface area (Å²) in [5, 5.41) is 31.0. The second-order valence-corrected chi connectivity index (χ2v) is 6.99. The number of nitrogens with zero attached hydrogens (tertiary/aromatic N) is 4. The van der Waals surface area contributed by atoms with E-state index in [-0.39, 0.29) is 28.5 Å². The van der Waals surface area contributed by atoms with Crippen LogP contribution in [0.2, 0.25) is 0 Å². The molecule has 0 spiro atoms. The van der Waals surface area contributed by atoms with Gasteiger partial charge in [0.15, 0.2) is 11.4 Å². The van der Waals surface area contributed by atoms with Crippen molar-refractivity contribution in [1.82, 2.24) is 4.48 Å². The van der Waals surface area contributed by atoms with Gasteiger partial charge in [-0.2, -0.15) is 0 Å². The standard InChI is InChI=1S/C19H19N5O3/c1-24(2,3)16-10-6-7-12-13(16)11-17(25)19(18(12)20)22-21-14-8-4-5-9-15(14)23(26)27/h4-11H,1-3H3,(H2-,20,21,25)/p+1. The van der Waals surface area contributed by atoms with Crippen LogP contribution < -0.4 is 10.2 Å². The van der Waals surface area contributed by atoms with E-state index in [0.29, 0.717) is 4.48 Å². The van der Waals surface area contributed by atoms with Crippen molar-refractivity contribution in [2.75, 3.05) is 26.9 Å². The van der Waals surface area contributed by atoms with Crippen molar-refractivity contribution >= 4 is 39.2 Å². The van der Waals surface area contributed by atoms with Crippen LogP contribution in [0.15, 0.2) is 58.8 Å². The number of para-hydroxylation sites is 1. The van der Waals surface area contributed by atoms with Gasteiger partial charge in [-0.3, -0.25) is 14.6 Å². The Hall–Kier alpha value is -3.52. The number of hydrogen-bond donors (Lipinski definition) is 2. The maximum absolute atomic E-state index is 11.1. The molecule has 3 N–H and O–H groups in total. The number of nitro benzene ring substituents is 1. The molecule has 3 rings (SSSR count). The lowest BCUT2D eigenvalue weighted by atomic mass is 10.0. The van der Waals surface area contributed by atoms with Crippen molar-refractivity contribution in [3.63, 3.8) is 0 Å². The van der Waals surface area contributed by atoms with Crippen LogP contribution in [0.25, 0.3) is 10.8 Å². The molecule has 3 aromatic carbocycles. The number of nitrogens with two attached hydrogens (primary N) is 1. The van der Waals surface area contributed by atoms with E-state index in [1.807, 2.05) is 39.3 Å². The minimum Gasteiger partial charge on any atom is -0.506 e. The fourth-order valence-corrected chi connectivity index (χ4v) is 2.91. The molecule has 0 bridgehead atoms. The Kier molecular flexibility index (Phi) is 4.50. The first kappa shape index (κ1) is 18.3. The van der Waals surface area contributed by atoms with Crippen molar-refractivity contribution in [1.29, 1.82) is 0 Å². The van der Waals surface area contributed by atoms with Crippen LogP contribution in [-0.4, -0.2) is 31.2 Å². The first-order chi connectivity index (χ1) is 12.7. The number of nitro groups is 1. The van der Waals surface area contributed by atoms with Gasteiger partial charge >= 0.3 is 0 Å². The van der Waals surface area contributed by atoms with Crippen LogP contribution in [0.3, 0.4) is 0 Å². The zero-order valence-electron chi connectivity index (χ0n) is 15.2. The minimum absolute atomic E-state index is 0.0826. The molecule has 0 unspecified atom stereocenters. The Labute approximate surface area is 155 Å². The number of phenols is 1. The van der Waals surface area contributed by atoms with Gasteiger partial charge in [-0.1, -0.05) is 24.3 Å². The lowest BCUT2D eigenvalue weighted by Gasteiger charge is -2.25. The molecule has 138 valence electrons. The highest BCUT2D eigenvalue weighted by Gasteiger charge is 2.20. The van der Waals surface area contributed by atoms with Crippen LogP contribution in [0.5, 0.6) is 5.75 Å².